The van der Waals surface area contributed by atoms with Crippen LogP contribution in [-0.2, 0) is 0 Å². The van der Waals surface area contributed by atoms with Crippen molar-refractivity contribution in [3.63, 3.8) is 0 Å². The van der Waals surface area contributed by atoms with Gasteiger partial charge in [-0.25, -0.2) is 0 Å². The van der Waals surface area contributed by atoms with Gasteiger partial charge in [0, 0.05) is 21.3 Å². The number of fused-ring (bicyclic) bond motifs is 2. The number of aromatic nitrogens is 3. The number of anilines is 1. The molecule has 0 aliphatic rings. The molecular formula is C12H8N4S2. The Morgan fingerprint density at radius 2 is 2.06 bits per heavy atom. The van der Waals surface area contributed by atoms with Gasteiger partial charge in [0.1, 0.15) is 0 Å². The van der Waals surface area contributed by atoms with Gasteiger partial charge in [-0.2, -0.15) is 0 Å². The van der Waals surface area contributed by atoms with Gasteiger partial charge in [-0.3, -0.25) is 4.40 Å². The van der Waals surface area contributed by atoms with Crippen molar-refractivity contribution in [3.05, 3.63) is 35.8 Å². The maximum atomic E-state index is 5.81. The predicted octanol–water partition coefficient (Wildman–Crippen LogP) is 3.25. The number of nitrogen functional groups attached to an aromatic ring is 1. The van der Waals surface area contributed by atoms with E-state index < -0.39 is 0 Å². The Morgan fingerprint density at radius 1 is 1.11 bits per heavy atom. The van der Waals surface area contributed by atoms with E-state index in [2.05, 4.69) is 27.7 Å². The molecule has 0 spiro atoms. The minimum absolute atomic E-state index is 0.710. The zero-order valence-electron chi connectivity index (χ0n) is 9.20. The third-order valence-corrected chi connectivity index (χ3v) is 4.87. The van der Waals surface area contributed by atoms with Crippen molar-refractivity contribution in [1.82, 2.24) is 14.6 Å². The molecule has 0 saturated heterocycles. The van der Waals surface area contributed by atoms with Gasteiger partial charge in [0.25, 0.3) is 0 Å². The molecule has 0 radical (unpaired) electrons. The highest BCUT2D eigenvalue weighted by Crippen LogP contribution is 2.35. The number of thiophene rings is 2. The second-order valence-corrected chi connectivity index (χ2v) is 6.01. The number of nitrogens with two attached hydrogens (primary N) is 1. The van der Waals surface area contributed by atoms with Crippen molar-refractivity contribution in [2.45, 2.75) is 0 Å². The highest BCUT2D eigenvalue weighted by atomic mass is 32.1. The summed E-state index contributed by atoms with van der Waals surface area (Å²) >= 11 is 3.47. The van der Waals surface area contributed by atoms with Crippen LogP contribution in [0.4, 0.5) is 5.69 Å². The van der Waals surface area contributed by atoms with Gasteiger partial charge in [-0.15, -0.1) is 32.9 Å². The quantitative estimate of drug-likeness (QED) is 0.578. The van der Waals surface area contributed by atoms with E-state index in [0.717, 1.165) is 16.3 Å². The summed E-state index contributed by atoms with van der Waals surface area (Å²) in [4.78, 5) is 1.12. The Balaban J connectivity index is 2.01. The van der Waals surface area contributed by atoms with Crippen molar-refractivity contribution in [1.29, 1.82) is 0 Å². The predicted molar refractivity (Wildman–Crippen MR) is 76.1 cm³/mol. The van der Waals surface area contributed by atoms with E-state index in [0.29, 0.717) is 5.69 Å². The molecule has 18 heavy (non-hydrogen) atoms. The molecule has 0 unspecified atom stereocenters. The topological polar surface area (TPSA) is 56.2 Å². The van der Waals surface area contributed by atoms with E-state index in [1.807, 2.05) is 22.7 Å². The van der Waals surface area contributed by atoms with E-state index in [-0.39, 0.29) is 0 Å². The second kappa shape index (κ2) is 3.54. The van der Waals surface area contributed by atoms with Crippen molar-refractivity contribution in [3.8, 4) is 10.7 Å². The van der Waals surface area contributed by atoms with Crippen LogP contribution in [0.1, 0.15) is 0 Å². The molecule has 0 amide bonds. The van der Waals surface area contributed by atoms with E-state index in [9.17, 15) is 0 Å². The molecule has 0 saturated carbocycles. The average molecular weight is 272 g/mol. The van der Waals surface area contributed by atoms with E-state index in [4.69, 9.17) is 5.73 Å². The molecule has 4 heterocycles. The van der Waals surface area contributed by atoms with Gasteiger partial charge in [0.15, 0.2) is 11.5 Å². The van der Waals surface area contributed by atoms with Gasteiger partial charge in [0.05, 0.1) is 4.88 Å². The summed E-state index contributed by atoms with van der Waals surface area (Å²) < 4.78 is 4.51. The maximum Gasteiger partial charge on any atom is 0.178 e. The molecule has 0 aliphatic heterocycles. The van der Waals surface area contributed by atoms with Gasteiger partial charge < -0.3 is 5.73 Å². The SMILES string of the molecule is Nc1ccc2nnc(-c3cc4sccc4s3)n2c1. The van der Waals surface area contributed by atoms with E-state index in [1.165, 1.54) is 9.40 Å². The second-order valence-electron chi connectivity index (χ2n) is 3.97. The molecule has 4 rings (SSSR count). The maximum absolute atomic E-state index is 5.81. The molecule has 0 bridgehead atoms. The minimum Gasteiger partial charge on any atom is -0.398 e. The molecular weight excluding hydrogens is 264 g/mol. The smallest absolute Gasteiger partial charge is 0.178 e. The Labute approximate surface area is 110 Å². The summed E-state index contributed by atoms with van der Waals surface area (Å²) in [6.45, 7) is 0. The van der Waals surface area contributed by atoms with Crippen LogP contribution in [0.25, 0.3) is 25.7 Å². The Kier molecular flexibility index (Phi) is 1.97. The standard InChI is InChI=1S/C12H8N4S2/c13-7-1-2-11-14-15-12(16(11)6-7)10-5-9-8(18-10)3-4-17-9/h1-6H,13H2. The zero-order chi connectivity index (χ0) is 12.1. The lowest BCUT2D eigenvalue weighted by Crippen LogP contribution is -1.91. The van der Waals surface area contributed by atoms with Crippen LogP contribution in [0.3, 0.4) is 0 Å². The number of hydrogen-bond donors (Lipinski definition) is 1. The monoisotopic (exact) mass is 272 g/mol. The summed E-state index contributed by atoms with van der Waals surface area (Å²) in [5.41, 5.74) is 7.34. The molecule has 4 aromatic rings. The van der Waals surface area contributed by atoms with Gasteiger partial charge in [-0.1, -0.05) is 0 Å². The fourth-order valence-corrected chi connectivity index (χ4v) is 4.04. The van der Waals surface area contributed by atoms with Crippen molar-refractivity contribution < 1.29 is 0 Å². The lowest BCUT2D eigenvalue weighted by molar-refractivity contribution is 1.12. The highest BCUT2D eigenvalue weighted by molar-refractivity contribution is 7.28. The molecule has 0 atom stereocenters. The Bertz CT molecular complexity index is 827. The number of nitrogens with zero attached hydrogens (tertiary/aromatic N) is 3. The van der Waals surface area contributed by atoms with Gasteiger partial charge >= 0.3 is 0 Å². The molecule has 0 aromatic carbocycles. The Hall–Kier alpha value is -1.92. The van der Waals surface area contributed by atoms with Crippen LogP contribution in [0.5, 0.6) is 0 Å². The lowest BCUT2D eigenvalue weighted by atomic mass is 10.4. The fourth-order valence-electron chi connectivity index (χ4n) is 1.95. The summed E-state index contributed by atoms with van der Waals surface area (Å²) in [5, 5.41) is 10.5. The van der Waals surface area contributed by atoms with Crippen LogP contribution >= 0.6 is 22.7 Å². The molecule has 6 heteroatoms. The van der Waals surface area contributed by atoms with Crippen LogP contribution in [0.15, 0.2) is 35.8 Å². The third kappa shape index (κ3) is 1.36. The number of pyridine rings is 1. The van der Waals surface area contributed by atoms with Crippen molar-refractivity contribution in [2.24, 2.45) is 0 Å². The number of hydrogen-bond acceptors (Lipinski definition) is 5. The summed E-state index contributed by atoms with van der Waals surface area (Å²) in [5.74, 6) is 0.853. The lowest BCUT2D eigenvalue weighted by Gasteiger charge is -1.97. The zero-order valence-corrected chi connectivity index (χ0v) is 10.8. The van der Waals surface area contributed by atoms with Crippen molar-refractivity contribution >= 4 is 43.4 Å². The summed E-state index contributed by atoms with van der Waals surface area (Å²) in [6.07, 6.45) is 1.86. The average Bonchev–Trinajstić information content (AvgIpc) is 2.99. The van der Waals surface area contributed by atoms with E-state index >= 15 is 0 Å². The molecule has 88 valence electrons. The minimum atomic E-state index is 0.710. The largest absolute Gasteiger partial charge is 0.398 e. The first-order valence-corrected chi connectivity index (χ1v) is 7.08. The van der Waals surface area contributed by atoms with Gasteiger partial charge in [-0.05, 0) is 29.6 Å². The van der Waals surface area contributed by atoms with Crippen LogP contribution < -0.4 is 5.73 Å². The number of rotatable bonds is 1. The normalized spacial score (nSPS) is 11.6. The van der Waals surface area contributed by atoms with Crippen LogP contribution in [0, 0.1) is 0 Å². The first-order valence-electron chi connectivity index (χ1n) is 5.39. The first-order chi connectivity index (χ1) is 8.81. The summed E-state index contributed by atoms with van der Waals surface area (Å²) in [7, 11) is 0. The molecule has 0 aliphatic carbocycles. The molecule has 4 nitrogen and oxygen atoms in total. The first kappa shape index (κ1) is 10.0. The molecule has 4 aromatic heterocycles. The van der Waals surface area contributed by atoms with E-state index in [1.54, 1.807) is 22.7 Å². The van der Waals surface area contributed by atoms with Crippen LogP contribution in [0.2, 0.25) is 0 Å². The van der Waals surface area contributed by atoms with Gasteiger partial charge in [0.2, 0.25) is 0 Å². The van der Waals surface area contributed by atoms with Crippen molar-refractivity contribution in [2.75, 3.05) is 5.73 Å². The van der Waals surface area contributed by atoms with Crippen LogP contribution in [-0.4, -0.2) is 14.6 Å². The molecule has 2 N–H and O–H groups in total. The highest BCUT2D eigenvalue weighted by Gasteiger charge is 2.12. The fraction of sp³-hybridized carbons (Fsp3) is 0. The third-order valence-electron chi connectivity index (χ3n) is 2.78. The molecule has 0 fully saturated rings. The Morgan fingerprint density at radius 3 is 2.94 bits per heavy atom. The summed E-state index contributed by atoms with van der Waals surface area (Å²) in [6, 6.07) is 8.00.